The van der Waals surface area contributed by atoms with Gasteiger partial charge in [0.15, 0.2) is 0 Å². The summed E-state index contributed by atoms with van der Waals surface area (Å²) in [4.78, 5) is 22.2. The highest BCUT2D eigenvalue weighted by Crippen LogP contribution is 2.17. The lowest BCUT2D eigenvalue weighted by Crippen LogP contribution is -2.20. The van der Waals surface area contributed by atoms with Crippen LogP contribution < -0.4 is 5.43 Å². The number of hydrogen-bond acceptors (Lipinski definition) is 5. The number of para-hydroxylation sites is 1. The van der Waals surface area contributed by atoms with Gasteiger partial charge in [0.05, 0.1) is 4.92 Å². The van der Waals surface area contributed by atoms with Gasteiger partial charge in [-0.05, 0) is 32.0 Å². The zero-order valence-electron chi connectivity index (χ0n) is 11.5. The van der Waals surface area contributed by atoms with Crippen LogP contribution in [0.2, 0.25) is 0 Å². The number of benzene rings is 1. The SMILES string of the molecule is CC(=NNC(=O)c1ccccc1[N+](=O)[O-])c1ccc(C)o1. The molecule has 7 nitrogen and oxygen atoms in total. The molecule has 0 saturated carbocycles. The quantitative estimate of drug-likeness (QED) is 0.531. The van der Waals surface area contributed by atoms with Gasteiger partial charge < -0.3 is 4.42 Å². The number of rotatable bonds is 4. The van der Waals surface area contributed by atoms with Gasteiger partial charge in [-0.1, -0.05) is 12.1 Å². The van der Waals surface area contributed by atoms with Crippen molar-refractivity contribution < 1.29 is 14.1 Å². The molecule has 0 aliphatic heterocycles. The number of hydrazone groups is 1. The van der Waals surface area contributed by atoms with Crippen LogP contribution in [-0.4, -0.2) is 16.5 Å². The average molecular weight is 287 g/mol. The fraction of sp³-hybridized carbons (Fsp3) is 0.143. The van der Waals surface area contributed by atoms with Gasteiger partial charge in [0.2, 0.25) is 0 Å². The van der Waals surface area contributed by atoms with Crippen molar-refractivity contribution in [3.8, 4) is 0 Å². The summed E-state index contributed by atoms with van der Waals surface area (Å²) < 4.78 is 5.35. The maximum atomic E-state index is 12.0. The number of carbonyl (C=O) groups is 1. The largest absolute Gasteiger partial charge is 0.460 e. The van der Waals surface area contributed by atoms with Crippen molar-refractivity contribution in [3.05, 3.63) is 63.6 Å². The molecule has 0 unspecified atom stereocenters. The van der Waals surface area contributed by atoms with Crippen molar-refractivity contribution in [3.63, 3.8) is 0 Å². The molecule has 1 amide bonds. The Morgan fingerprint density at radius 1 is 1.29 bits per heavy atom. The molecule has 0 spiro atoms. The van der Waals surface area contributed by atoms with Crippen LogP contribution >= 0.6 is 0 Å². The van der Waals surface area contributed by atoms with Gasteiger partial charge >= 0.3 is 0 Å². The number of aryl methyl sites for hydroxylation is 1. The molecule has 7 heteroatoms. The average Bonchev–Trinajstić information content (AvgIpc) is 2.91. The minimum Gasteiger partial charge on any atom is -0.460 e. The highest BCUT2D eigenvalue weighted by Gasteiger charge is 2.18. The zero-order valence-corrected chi connectivity index (χ0v) is 11.5. The van der Waals surface area contributed by atoms with Crippen LogP contribution in [-0.2, 0) is 0 Å². The highest BCUT2D eigenvalue weighted by molar-refractivity contribution is 6.01. The van der Waals surface area contributed by atoms with Gasteiger partial charge in [0, 0.05) is 6.07 Å². The van der Waals surface area contributed by atoms with Crippen LogP contribution in [0.3, 0.4) is 0 Å². The molecule has 0 bridgehead atoms. The second kappa shape index (κ2) is 6.00. The number of nitro benzene ring substituents is 1. The Bertz CT molecular complexity index is 719. The zero-order chi connectivity index (χ0) is 15.4. The number of hydrogen-bond donors (Lipinski definition) is 1. The van der Waals surface area contributed by atoms with Crippen molar-refractivity contribution in [2.24, 2.45) is 5.10 Å². The highest BCUT2D eigenvalue weighted by atomic mass is 16.6. The molecular weight excluding hydrogens is 274 g/mol. The molecule has 2 aromatic rings. The predicted octanol–water partition coefficient (Wildman–Crippen LogP) is 2.65. The maximum absolute atomic E-state index is 12.0. The fourth-order valence-electron chi connectivity index (χ4n) is 1.70. The van der Waals surface area contributed by atoms with E-state index in [4.69, 9.17) is 4.42 Å². The van der Waals surface area contributed by atoms with E-state index >= 15 is 0 Å². The minimum absolute atomic E-state index is 0.0466. The lowest BCUT2D eigenvalue weighted by molar-refractivity contribution is -0.385. The topological polar surface area (TPSA) is 97.7 Å². The lowest BCUT2D eigenvalue weighted by Gasteiger charge is -2.02. The van der Waals surface area contributed by atoms with E-state index in [1.165, 1.54) is 18.2 Å². The molecule has 0 radical (unpaired) electrons. The van der Waals surface area contributed by atoms with Crippen molar-refractivity contribution >= 4 is 17.3 Å². The molecule has 0 aliphatic carbocycles. The summed E-state index contributed by atoms with van der Waals surface area (Å²) in [6.07, 6.45) is 0. The first-order valence-corrected chi connectivity index (χ1v) is 6.14. The second-order valence-corrected chi connectivity index (χ2v) is 4.32. The Morgan fingerprint density at radius 3 is 2.62 bits per heavy atom. The van der Waals surface area contributed by atoms with Crippen LogP contribution in [0.25, 0.3) is 0 Å². The standard InChI is InChI=1S/C14H13N3O4/c1-9-7-8-13(21-9)10(2)15-16-14(18)11-5-3-4-6-12(11)17(19)20/h3-8H,1-2H3,(H,16,18). The van der Waals surface area contributed by atoms with Crippen molar-refractivity contribution in [1.29, 1.82) is 0 Å². The first kappa shape index (κ1) is 14.4. The van der Waals surface area contributed by atoms with Crippen LogP contribution in [0, 0.1) is 17.0 Å². The molecule has 0 aliphatic rings. The van der Waals surface area contributed by atoms with Gasteiger partial charge in [-0.25, -0.2) is 5.43 Å². The molecule has 2 rings (SSSR count). The Morgan fingerprint density at radius 2 is 2.00 bits per heavy atom. The predicted molar refractivity (Wildman–Crippen MR) is 76.2 cm³/mol. The summed E-state index contributed by atoms with van der Waals surface area (Å²) in [5, 5.41) is 14.7. The third-order valence-electron chi connectivity index (χ3n) is 2.77. The molecule has 1 heterocycles. The summed E-state index contributed by atoms with van der Waals surface area (Å²) >= 11 is 0. The van der Waals surface area contributed by atoms with E-state index in [1.54, 1.807) is 32.0 Å². The van der Waals surface area contributed by atoms with Crippen molar-refractivity contribution in [2.45, 2.75) is 13.8 Å². The number of amides is 1. The number of nitro groups is 1. The van der Waals surface area contributed by atoms with Gasteiger partial charge in [-0.3, -0.25) is 14.9 Å². The number of nitrogens with zero attached hydrogens (tertiary/aromatic N) is 2. The third kappa shape index (κ3) is 3.33. The molecule has 108 valence electrons. The number of carbonyl (C=O) groups excluding carboxylic acids is 1. The van der Waals surface area contributed by atoms with Crippen molar-refractivity contribution in [1.82, 2.24) is 5.43 Å². The minimum atomic E-state index is -0.648. The van der Waals surface area contributed by atoms with E-state index in [-0.39, 0.29) is 11.3 Å². The summed E-state index contributed by atoms with van der Waals surface area (Å²) in [6, 6.07) is 9.18. The van der Waals surface area contributed by atoms with E-state index < -0.39 is 10.8 Å². The van der Waals surface area contributed by atoms with Crippen LogP contribution in [0.4, 0.5) is 5.69 Å². The van der Waals surface area contributed by atoms with E-state index in [9.17, 15) is 14.9 Å². The molecule has 0 atom stereocenters. The molecular formula is C14H13N3O4. The second-order valence-electron chi connectivity index (χ2n) is 4.32. The number of nitrogens with one attached hydrogen (secondary N) is 1. The van der Waals surface area contributed by atoms with E-state index in [0.29, 0.717) is 11.5 Å². The van der Waals surface area contributed by atoms with Gasteiger partial charge in [0.25, 0.3) is 11.6 Å². The Hall–Kier alpha value is -2.96. The summed E-state index contributed by atoms with van der Waals surface area (Å²) in [6.45, 7) is 3.46. The normalized spacial score (nSPS) is 11.2. The molecule has 21 heavy (non-hydrogen) atoms. The van der Waals surface area contributed by atoms with Crippen LogP contribution in [0.15, 0.2) is 45.9 Å². The summed E-state index contributed by atoms with van der Waals surface area (Å²) in [5.74, 6) is 0.602. The maximum Gasteiger partial charge on any atom is 0.282 e. The summed E-state index contributed by atoms with van der Waals surface area (Å²) in [5.41, 5.74) is 2.44. The Balaban J connectivity index is 2.17. The first-order valence-electron chi connectivity index (χ1n) is 6.14. The van der Waals surface area contributed by atoms with Crippen LogP contribution in [0.1, 0.15) is 28.8 Å². The fourth-order valence-corrected chi connectivity index (χ4v) is 1.70. The monoisotopic (exact) mass is 287 g/mol. The van der Waals surface area contributed by atoms with Gasteiger partial charge in [0.1, 0.15) is 22.8 Å². The lowest BCUT2D eigenvalue weighted by atomic mass is 10.2. The first-order chi connectivity index (χ1) is 9.99. The summed E-state index contributed by atoms with van der Waals surface area (Å²) in [7, 11) is 0. The van der Waals surface area contributed by atoms with Crippen LogP contribution in [0.5, 0.6) is 0 Å². The molecule has 1 aromatic heterocycles. The van der Waals surface area contributed by atoms with E-state index in [2.05, 4.69) is 10.5 Å². The third-order valence-corrected chi connectivity index (χ3v) is 2.77. The molecule has 0 fully saturated rings. The van der Waals surface area contributed by atoms with E-state index in [1.807, 2.05) is 0 Å². The van der Waals surface area contributed by atoms with Gasteiger partial charge in [-0.2, -0.15) is 5.10 Å². The van der Waals surface area contributed by atoms with E-state index in [0.717, 1.165) is 5.76 Å². The van der Waals surface area contributed by atoms with Gasteiger partial charge in [-0.15, -0.1) is 0 Å². The number of furan rings is 1. The molecule has 1 N–H and O–H groups in total. The molecule has 0 saturated heterocycles. The molecule has 1 aromatic carbocycles. The van der Waals surface area contributed by atoms with Crippen molar-refractivity contribution in [2.75, 3.05) is 0 Å². The Kier molecular flexibility index (Phi) is 4.13. The Labute approximate surface area is 120 Å². The smallest absolute Gasteiger partial charge is 0.282 e.